The van der Waals surface area contributed by atoms with E-state index in [-0.39, 0.29) is 5.75 Å². The molecule has 24 heavy (non-hydrogen) atoms. The van der Waals surface area contributed by atoms with Gasteiger partial charge in [0.1, 0.15) is 11.2 Å². The molecule has 0 radical (unpaired) electrons. The van der Waals surface area contributed by atoms with Crippen molar-refractivity contribution in [2.75, 3.05) is 12.4 Å². The number of carbonyl (C=O) groups is 2. The smallest absolute Gasteiger partial charge is 0.308 e. The van der Waals surface area contributed by atoms with Crippen molar-refractivity contribution >= 4 is 35.4 Å². The van der Waals surface area contributed by atoms with Gasteiger partial charge in [-0.05, 0) is 39.1 Å². The molecule has 1 rings (SSSR count). The summed E-state index contributed by atoms with van der Waals surface area (Å²) in [4.78, 5) is 24.6. The van der Waals surface area contributed by atoms with Crippen LogP contribution in [0.4, 0.5) is 0 Å². The molecule has 1 atom stereocenters. The molecule has 0 aliphatic carbocycles. The van der Waals surface area contributed by atoms with Crippen LogP contribution in [-0.4, -0.2) is 40.8 Å². The van der Waals surface area contributed by atoms with Crippen molar-refractivity contribution in [1.29, 1.82) is 0 Å². The zero-order valence-corrected chi connectivity index (χ0v) is 16.5. The van der Waals surface area contributed by atoms with Gasteiger partial charge in [0.25, 0.3) is 18.4 Å². The van der Waals surface area contributed by atoms with Gasteiger partial charge >= 0.3 is 5.97 Å². The molecule has 8 heteroatoms. The van der Waals surface area contributed by atoms with E-state index in [9.17, 15) is 18.0 Å². The van der Waals surface area contributed by atoms with Crippen molar-refractivity contribution in [3.05, 3.63) is 30.3 Å². The van der Waals surface area contributed by atoms with Crippen LogP contribution >= 0.6 is 0 Å². The third-order valence-electron chi connectivity index (χ3n) is 3.93. The maximum absolute atomic E-state index is 12.6. The topological polar surface area (TPSA) is 86.7 Å². The van der Waals surface area contributed by atoms with Crippen LogP contribution in [0.3, 0.4) is 0 Å². The number of rotatable bonds is 8. The fourth-order valence-corrected chi connectivity index (χ4v) is 4.22. The monoisotopic (exact) mass is 372 g/mol. The summed E-state index contributed by atoms with van der Waals surface area (Å²) in [6.07, 6.45) is 0. The summed E-state index contributed by atoms with van der Waals surface area (Å²) in [6.45, 7) is 7.11. The van der Waals surface area contributed by atoms with Crippen LogP contribution in [0.2, 0.25) is 13.1 Å². The summed E-state index contributed by atoms with van der Waals surface area (Å²) >= 11 is 0. The number of ketones is 1. The standard InChI is InChI=1S/C16H24O6SSi/c1-6-23(19,20)21-12-16(3,13(2)17)15(18)22-24(4,5)14-10-8-7-9-11-14/h7-11H,6,12H2,1-5H3. The van der Waals surface area contributed by atoms with Crippen LogP contribution in [0, 0.1) is 5.41 Å². The lowest BCUT2D eigenvalue weighted by atomic mass is 9.88. The number of benzene rings is 1. The van der Waals surface area contributed by atoms with Gasteiger partial charge in [-0.15, -0.1) is 0 Å². The second-order valence-corrected chi connectivity index (χ2v) is 12.0. The number of carbonyl (C=O) groups excluding carboxylic acids is 2. The highest BCUT2D eigenvalue weighted by atomic mass is 32.2. The Bertz CT molecular complexity index is 699. The fourth-order valence-electron chi connectivity index (χ4n) is 1.84. The second-order valence-electron chi connectivity index (χ2n) is 6.26. The lowest BCUT2D eigenvalue weighted by molar-refractivity contribution is -0.153. The minimum Gasteiger partial charge on any atom is -0.514 e. The number of hydrogen-bond acceptors (Lipinski definition) is 6. The third-order valence-corrected chi connectivity index (χ3v) is 7.53. The van der Waals surface area contributed by atoms with Crippen LogP contribution in [0.15, 0.2) is 30.3 Å². The molecule has 0 aromatic heterocycles. The average Bonchev–Trinajstić information content (AvgIpc) is 2.52. The van der Waals surface area contributed by atoms with Gasteiger partial charge in [-0.2, -0.15) is 8.42 Å². The highest BCUT2D eigenvalue weighted by molar-refractivity contribution is 7.86. The maximum atomic E-state index is 12.6. The van der Waals surface area contributed by atoms with Crippen molar-refractivity contribution in [3.8, 4) is 0 Å². The summed E-state index contributed by atoms with van der Waals surface area (Å²) in [7, 11) is -6.35. The predicted molar refractivity (Wildman–Crippen MR) is 93.9 cm³/mol. The van der Waals surface area contributed by atoms with Gasteiger partial charge in [-0.25, -0.2) is 0 Å². The van der Waals surface area contributed by atoms with Crippen molar-refractivity contribution in [1.82, 2.24) is 0 Å². The molecule has 0 aliphatic rings. The van der Waals surface area contributed by atoms with Gasteiger partial charge in [0.2, 0.25) is 0 Å². The Balaban J connectivity index is 3.00. The van der Waals surface area contributed by atoms with Crippen LogP contribution in [0.1, 0.15) is 20.8 Å². The van der Waals surface area contributed by atoms with Crippen molar-refractivity contribution in [2.24, 2.45) is 5.41 Å². The molecule has 0 N–H and O–H groups in total. The second kappa shape index (κ2) is 7.58. The Morgan fingerprint density at radius 1 is 1.17 bits per heavy atom. The Hall–Kier alpha value is -1.51. The van der Waals surface area contributed by atoms with Crippen molar-refractivity contribution in [2.45, 2.75) is 33.9 Å². The molecule has 0 bridgehead atoms. The molecule has 0 fully saturated rings. The van der Waals surface area contributed by atoms with Crippen LogP contribution in [-0.2, 0) is 28.3 Å². The molecule has 0 saturated heterocycles. The van der Waals surface area contributed by atoms with Crippen LogP contribution in [0.5, 0.6) is 0 Å². The molecule has 1 aromatic rings. The number of Topliss-reactive ketones (excluding diaryl/α,β-unsaturated/α-hetero) is 1. The van der Waals surface area contributed by atoms with Gasteiger partial charge in [-0.1, -0.05) is 30.3 Å². The molecule has 0 spiro atoms. The van der Waals surface area contributed by atoms with E-state index < -0.39 is 42.2 Å². The van der Waals surface area contributed by atoms with Crippen molar-refractivity contribution in [3.63, 3.8) is 0 Å². The third kappa shape index (κ3) is 4.99. The van der Waals surface area contributed by atoms with E-state index in [1.807, 2.05) is 43.4 Å². The molecule has 0 amide bonds. The fraction of sp³-hybridized carbons (Fsp3) is 0.500. The lowest BCUT2D eigenvalue weighted by Gasteiger charge is -2.30. The Kier molecular flexibility index (Phi) is 6.49. The van der Waals surface area contributed by atoms with Crippen LogP contribution in [0.25, 0.3) is 0 Å². The zero-order valence-electron chi connectivity index (χ0n) is 14.7. The van der Waals surface area contributed by atoms with Gasteiger partial charge in [0, 0.05) is 0 Å². The largest absolute Gasteiger partial charge is 0.514 e. The Labute approximate surface area is 144 Å². The molecule has 0 saturated carbocycles. The maximum Gasteiger partial charge on any atom is 0.308 e. The molecule has 6 nitrogen and oxygen atoms in total. The highest BCUT2D eigenvalue weighted by Gasteiger charge is 2.44. The molecule has 134 valence electrons. The molecule has 1 unspecified atom stereocenters. The molecule has 0 aliphatic heterocycles. The zero-order chi connectivity index (χ0) is 18.6. The molecular formula is C16H24O6SSi. The van der Waals surface area contributed by atoms with E-state index >= 15 is 0 Å². The lowest BCUT2D eigenvalue weighted by Crippen LogP contribution is -2.52. The molecule has 1 aromatic carbocycles. The molecular weight excluding hydrogens is 348 g/mol. The first-order valence-corrected chi connectivity index (χ1v) is 12.1. The summed E-state index contributed by atoms with van der Waals surface area (Å²) in [5.74, 6) is -1.50. The Morgan fingerprint density at radius 3 is 2.17 bits per heavy atom. The van der Waals surface area contributed by atoms with Gasteiger partial charge in [0.05, 0.1) is 12.4 Å². The Morgan fingerprint density at radius 2 is 1.71 bits per heavy atom. The van der Waals surface area contributed by atoms with Gasteiger partial charge in [0.15, 0.2) is 0 Å². The van der Waals surface area contributed by atoms with Crippen LogP contribution < -0.4 is 5.19 Å². The quantitative estimate of drug-likeness (QED) is 0.391. The van der Waals surface area contributed by atoms with Crippen molar-refractivity contribution < 1.29 is 26.6 Å². The minimum absolute atomic E-state index is 0.236. The summed E-state index contributed by atoms with van der Waals surface area (Å²) in [5, 5.41) is 0.895. The van der Waals surface area contributed by atoms with E-state index in [4.69, 9.17) is 8.61 Å². The minimum atomic E-state index is -3.76. The van der Waals surface area contributed by atoms with E-state index in [2.05, 4.69) is 0 Å². The first-order valence-electron chi connectivity index (χ1n) is 7.62. The van der Waals surface area contributed by atoms with E-state index in [1.54, 1.807) is 0 Å². The van der Waals surface area contributed by atoms with E-state index in [0.29, 0.717) is 0 Å². The van der Waals surface area contributed by atoms with E-state index in [1.165, 1.54) is 20.8 Å². The first kappa shape index (κ1) is 20.5. The highest BCUT2D eigenvalue weighted by Crippen LogP contribution is 2.24. The number of hydrogen-bond donors (Lipinski definition) is 0. The summed E-state index contributed by atoms with van der Waals surface area (Å²) in [5.41, 5.74) is -1.67. The first-order chi connectivity index (χ1) is 10.9. The summed E-state index contributed by atoms with van der Waals surface area (Å²) in [6, 6.07) is 9.28. The SMILES string of the molecule is CCS(=O)(=O)OCC(C)(C(C)=O)C(=O)O[Si](C)(C)c1ccccc1. The predicted octanol–water partition coefficient (Wildman–Crippen LogP) is 1.60. The average molecular weight is 373 g/mol. The summed E-state index contributed by atoms with van der Waals surface area (Å²) < 4.78 is 33.5. The van der Waals surface area contributed by atoms with Gasteiger partial charge in [-0.3, -0.25) is 13.8 Å². The normalized spacial score (nSPS) is 14.7. The van der Waals surface area contributed by atoms with Gasteiger partial charge < -0.3 is 4.43 Å². The molecule has 0 heterocycles. The van der Waals surface area contributed by atoms with E-state index in [0.717, 1.165) is 5.19 Å².